The quantitative estimate of drug-likeness (QED) is 0.416. The van der Waals surface area contributed by atoms with E-state index < -0.39 is 32.1 Å². The number of nitrogens with zero attached hydrogens (tertiary/aromatic N) is 2. The van der Waals surface area contributed by atoms with Crippen LogP contribution in [0.2, 0.25) is 5.02 Å². The second-order valence-corrected chi connectivity index (χ2v) is 6.56. The van der Waals surface area contributed by atoms with Crippen LogP contribution >= 0.6 is 11.6 Å². The van der Waals surface area contributed by atoms with Crippen LogP contribution in [0.3, 0.4) is 0 Å². The molecule has 0 saturated carbocycles. The Balaban J connectivity index is 2.24. The van der Waals surface area contributed by atoms with Crippen molar-refractivity contribution in [2.24, 2.45) is 5.10 Å². The van der Waals surface area contributed by atoms with Crippen molar-refractivity contribution in [2.75, 3.05) is 0 Å². The standard InChI is InChI=1S/C13H10ClN3O6S/c14-9-1-3-10(4-2-9)24(22,23)16-15-7-8-5-11(17(20)21)13(19)6-12(8)18/h1-7,16,18-19H/b15-7+. The third-order valence-electron chi connectivity index (χ3n) is 2.82. The highest BCUT2D eigenvalue weighted by molar-refractivity contribution is 7.89. The molecule has 0 amide bonds. The van der Waals surface area contributed by atoms with Gasteiger partial charge in [-0.3, -0.25) is 10.1 Å². The van der Waals surface area contributed by atoms with Gasteiger partial charge in [-0.15, -0.1) is 0 Å². The fraction of sp³-hybridized carbons (Fsp3) is 0. The van der Waals surface area contributed by atoms with E-state index in [4.69, 9.17) is 11.6 Å². The molecule has 0 saturated heterocycles. The van der Waals surface area contributed by atoms with Crippen LogP contribution < -0.4 is 4.83 Å². The van der Waals surface area contributed by atoms with Crippen LogP contribution in [-0.4, -0.2) is 29.8 Å². The minimum Gasteiger partial charge on any atom is -0.507 e. The molecule has 0 unspecified atom stereocenters. The summed E-state index contributed by atoms with van der Waals surface area (Å²) in [5, 5.41) is 33.5. The Kier molecular flexibility index (Phi) is 4.90. The van der Waals surface area contributed by atoms with Gasteiger partial charge in [-0.05, 0) is 24.3 Å². The molecular weight excluding hydrogens is 362 g/mol. The maximum atomic E-state index is 12.0. The first-order valence-electron chi connectivity index (χ1n) is 6.21. The average molecular weight is 372 g/mol. The Morgan fingerprint density at radius 2 is 1.79 bits per heavy atom. The molecule has 0 heterocycles. The lowest BCUT2D eigenvalue weighted by Crippen LogP contribution is -2.18. The van der Waals surface area contributed by atoms with Gasteiger partial charge in [0.15, 0.2) is 5.75 Å². The number of phenols is 2. The number of hydrazone groups is 1. The van der Waals surface area contributed by atoms with Gasteiger partial charge in [0.25, 0.3) is 10.0 Å². The van der Waals surface area contributed by atoms with Crippen molar-refractivity contribution in [3.05, 3.63) is 57.1 Å². The first-order chi connectivity index (χ1) is 11.2. The van der Waals surface area contributed by atoms with E-state index in [-0.39, 0.29) is 10.5 Å². The topological polar surface area (TPSA) is 142 Å². The van der Waals surface area contributed by atoms with Crippen LogP contribution in [0.25, 0.3) is 0 Å². The smallest absolute Gasteiger partial charge is 0.311 e. The van der Waals surface area contributed by atoms with Gasteiger partial charge < -0.3 is 10.2 Å². The van der Waals surface area contributed by atoms with Gasteiger partial charge in [-0.25, -0.2) is 4.83 Å². The number of hydrogen-bond acceptors (Lipinski definition) is 7. The summed E-state index contributed by atoms with van der Waals surface area (Å²) >= 11 is 5.67. The molecule has 0 aromatic heterocycles. The molecule has 24 heavy (non-hydrogen) atoms. The van der Waals surface area contributed by atoms with Gasteiger partial charge in [0, 0.05) is 22.7 Å². The summed E-state index contributed by atoms with van der Waals surface area (Å²) in [4.78, 5) is 11.7. The number of phenolic OH excluding ortho intramolecular Hbond substituents is 2. The zero-order valence-corrected chi connectivity index (χ0v) is 13.3. The highest BCUT2D eigenvalue weighted by Gasteiger charge is 2.17. The zero-order valence-electron chi connectivity index (χ0n) is 11.7. The van der Waals surface area contributed by atoms with Crippen molar-refractivity contribution in [2.45, 2.75) is 4.90 Å². The van der Waals surface area contributed by atoms with Crippen molar-refractivity contribution < 1.29 is 23.6 Å². The molecule has 2 rings (SSSR count). The fourth-order valence-corrected chi connectivity index (χ4v) is 2.58. The maximum absolute atomic E-state index is 12.0. The highest BCUT2D eigenvalue weighted by Crippen LogP contribution is 2.31. The number of hydrogen-bond donors (Lipinski definition) is 3. The second-order valence-electron chi connectivity index (χ2n) is 4.46. The summed E-state index contributed by atoms with van der Waals surface area (Å²) in [6, 6.07) is 6.91. The van der Waals surface area contributed by atoms with E-state index in [2.05, 4.69) is 5.10 Å². The van der Waals surface area contributed by atoms with E-state index in [1.807, 2.05) is 4.83 Å². The van der Waals surface area contributed by atoms with Gasteiger partial charge in [0.05, 0.1) is 16.0 Å². The molecule has 0 bridgehead atoms. The van der Waals surface area contributed by atoms with Crippen LogP contribution in [0, 0.1) is 10.1 Å². The van der Waals surface area contributed by atoms with E-state index in [0.717, 1.165) is 18.3 Å². The molecule has 0 fully saturated rings. The number of benzene rings is 2. The van der Waals surface area contributed by atoms with E-state index in [1.165, 1.54) is 24.3 Å². The SMILES string of the molecule is O=[N+]([O-])c1cc(/C=N/NS(=O)(=O)c2ccc(Cl)cc2)c(O)cc1O. The van der Waals surface area contributed by atoms with Crippen molar-refractivity contribution in [1.29, 1.82) is 0 Å². The fourth-order valence-electron chi connectivity index (χ4n) is 1.66. The minimum absolute atomic E-state index is 0.0926. The third kappa shape index (κ3) is 3.91. The first-order valence-corrected chi connectivity index (χ1v) is 8.07. The maximum Gasteiger partial charge on any atom is 0.311 e. The molecule has 0 atom stereocenters. The summed E-state index contributed by atoms with van der Waals surface area (Å²) in [5.74, 6) is -1.23. The zero-order chi connectivity index (χ0) is 17.9. The van der Waals surface area contributed by atoms with Crippen LogP contribution in [0.1, 0.15) is 5.56 Å². The van der Waals surface area contributed by atoms with Crippen LogP contribution in [0.5, 0.6) is 11.5 Å². The molecule has 2 aromatic carbocycles. The Hall–Kier alpha value is -2.85. The Bertz CT molecular complexity index is 912. The van der Waals surface area contributed by atoms with Gasteiger partial charge in [-0.1, -0.05) is 11.6 Å². The molecule has 2 aromatic rings. The first kappa shape index (κ1) is 17.5. The normalized spacial score (nSPS) is 11.5. The predicted octanol–water partition coefficient (Wildman–Crippen LogP) is 1.97. The van der Waals surface area contributed by atoms with E-state index >= 15 is 0 Å². The van der Waals surface area contributed by atoms with Crippen molar-refractivity contribution >= 4 is 33.5 Å². The molecule has 11 heteroatoms. The van der Waals surface area contributed by atoms with Crippen molar-refractivity contribution in [1.82, 2.24) is 4.83 Å². The molecule has 3 N–H and O–H groups in total. The molecule has 0 aliphatic rings. The Morgan fingerprint density at radius 1 is 1.17 bits per heavy atom. The molecule has 0 aliphatic carbocycles. The predicted molar refractivity (Wildman–Crippen MR) is 85.8 cm³/mol. The summed E-state index contributed by atoms with van der Waals surface area (Å²) in [5.41, 5.74) is -0.812. The third-order valence-corrected chi connectivity index (χ3v) is 4.31. The summed E-state index contributed by atoms with van der Waals surface area (Å²) < 4.78 is 23.9. The van der Waals surface area contributed by atoms with Crippen molar-refractivity contribution in [3.63, 3.8) is 0 Å². The number of nitro benzene ring substituents is 1. The number of nitrogens with one attached hydrogen (secondary N) is 1. The number of rotatable bonds is 5. The van der Waals surface area contributed by atoms with Gasteiger partial charge in [0.1, 0.15) is 5.75 Å². The molecular formula is C13H10ClN3O6S. The van der Waals surface area contributed by atoms with E-state index in [9.17, 15) is 28.7 Å². The highest BCUT2D eigenvalue weighted by atomic mass is 35.5. The Labute approximate surface area is 141 Å². The second kappa shape index (κ2) is 6.72. The molecule has 0 spiro atoms. The molecule has 0 aliphatic heterocycles. The number of aromatic hydroxyl groups is 2. The molecule has 0 radical (unpaired) electrons. The number of nitro groups is 1. The Morgan fingerprint density at radius 3 is 2.38 bits per heavy atom. The lowest BCUT2D eigenvalue weighted by molar-refractivity contribution is -0.385. The van der Waals surface area contributed by atoms with Gasteiger partial charge >= 0.3 is 5.69 Å². The summed E-state index contributed by atoms with van der Waals surface area (Å²) in [6.07, 6.45) is 0.870. The largest absolute Gasteiger partial charge is 0.507 e. The van der Waals surface area contributed by atoms with E-state index in [0.29, 0.717) is 5.02 Å². The monoisotopic (exact) mass is 371 g/mol. The molecule has 126 valence electrons. The van der Waals surface area contributed by atoms with E-state index in [1.54, 1.807) is 0 Å². The average Bonchev–Trinajstić information content (AvgIpc) is 2.49. The number of halogens is 1. The van der Waals surface area contributed by atoms with Crippen molar-refractivity contribution in [3.8, 4) is 11.5 Å². The molecule has 9 nitrogen and oxygen atoms in total. The van der Waals surface area contributed by atoms with Crippen LogP contribution in [0.15, 0.2) is 46.4 Å². The van der Waals surface area contributed by atoms with Crippen LogP contribution in [-0.2, 0) is 10.0 Å². The summed E-state index contributed by atoms with van der Waals surface area (Å²) in [7, 11) is -3.97. The minimum atomic E-state index is -3.97. The van der Waals surface area contributed by atoms with Crippen LogP contribution in [0.4, 0.5) is 5.69 Å². The lowest BCUT2D eigenvalue weighted by Gasteiger charge is -2.04. The lowest BCUT2D eigenvalue weighted by atomic mass is 10.2. The number of sulfonamides is 1. The summed E-state index contributed by atoms with van der Waals surface area (Å²) in [6.45, 7) is 0. The van der Waals surface area contributed by atoms with Gasteiger partial charge in [-0.2, -0.15) is 13.5 Å². The van der Waals surface area contributed by atoms with Gasteiger partial charge in [0.2, 0.25) is 0 Å².